The van der Waals surface area contributed by atoms with Gasteiger partial charge in [-0.15, -0.1) is 0 Å². The van der Waals surface area contributed by atoms with E-state index < -0.39 is 6.10 Å². The molecule has 1 heterocycles. The van der Waals surface area contributed by atoms with Crippen LogP contribution in [0.2, 0.25) is 5.02 Å². The molecule has 1 aliphatic rings. The maximum absolute atomic E-state index is 12.6. The highest BCUT2D eigenvalue weighted by atomic mass is 35.5. The second kappa shape index (κ2) is 9.22. The number of nitrogens with one attached hydrogen (secondary N) is 1. The molecule has 0 radical (unpaired) electrons. The van der Waals surface area contributed by atoms with Crippen LogP contribution < -0.4 is 9.64 Å². The molecule has 0 saturated carbocycles. The van der Waals surface area contributed by atoms with E-state index in [1.54, 1.807) is 55.5 Å². The quantitative estimate of drug-likeness (QED) is 0.754. The molecule has 1 aliphatic heterocycles. The Kier molecular flexibility index (Phi) is 6.70. The first kappa shape index (κ1) is 20.4. The Morgan fingerprint density at radius 2 is 1.57 bits per heavy atom. The molecule has 1 amide bonds. The minimum atomic E-state index is -0.555. The molecular weight excluding hydrogens is 376 g/mol. The molecule has 0 unspecified atom stereocenters. The van der Waals surface area contributed by atoms with Crippen LogP contribution in [0.3, 0.4) is 0 Å². The molecule has 1 atom stereocenters. The number of quaternary nitrogens is 1. The third-order valence-electron chi connectivity index (χ3n) is 5.17. The van der Waals surface area contributed by atoms with Crippen LogP contribution in [0, 0.1) is 0 Å². The Bertz CT molecular complexity index is 813. The lowest BCUT2D eigenvalue weighted by Crippen LogP contribution is -3.14. The van der Waals surface area contributed by atoms with Crippen molar-refractivity contribution in [3.63, 3.8) is 0 Å². The van der Waals surface area contributed by atoms with Gasteiger partial charge in [-0.3, -0.25) is 9.59 Å². The van der Waals surface area contributed by atoms with Crippen molar-refractivity contribution in [2.24, 2.45) is 0 Å². The highest BCUT2D eigenvalue weighted by Crippen LogP contribution is 2.18. The minimum absolute atomic E-state index is 0.0106. The van der Waals surface area contributed by atoms with Gasteiger partial charge in [0.25, 0.3) is 5.91 Å². The Balaban J connectivity index is 1.58. The summed E-state index contributed by atoms with van der Waals surface area (Å²) in [6.45, 7) is 8.53. The summed E-state index contributed by atoms with van der Waals surface area (Å²) in [5, 5.41) is 0.594. The highest BCUT2D eigenvalue weighted by molar-refractivity contribution is 6.30. The summed E-state index contributed by atoms with van der Waals surface area (Å²) in [6.07, 6.45) is -0.555. The molecule has 2 aromatic rings. The summed E-state index contributed by atoms with van der Waals surface area (Å²) in [7, 11) is 0. The fraction of sp³-hybridized carbons (Fsp3) is 0.364. The van der Waals surface area contributed by atoms with Gasteiger partial charge in [-0.25, -0.2) is 0 Å². The van der Waals surface area contributed by atoms with Crippen molar-refractivity contribution in [2.75, 3.05) is 32.7 Å². The zero-order valence-corrected chi connectivity index (χ0v) is 17.0. The van der Waals surface area contributed by atoms with E-state index in [2.05, 4.69) is 6.92 Å². The molecule has 3 rings (SSSR count). The van der Waals surface area contributed by atoms with Crippen molar-refractivity contribution < 1.29 is 19.2 Å². The van der Waals surface area contributed by atoms with Crippen molar-refractivity contribution in [1.29, 1.82) is 0 Å². The number of ether oxygens (including phenoxy) is 1. The topological polar surface area (TPSA) is 51.1 Å². The van der Waals surface area contributed by atoms with Gasteiger partial charge in [0.15, 0.2) is 11.9 Å². The second-order valence-electron chi connectivity index (χ2n) is 7.05. The van der Waals surface area contributed by atoms with Crippen LogP contribution in [-0.4, -0.2) is 55.4 Å². The monoisotopic (exact) mass is 401 g/mol. The number of amides is 1. The van der Waals surface area contributed by atoms with E-state index in [1.165, 1.54) is 4.90 Å². The Labute approximate surface area is 170 Å². The molecule has 1 fully saturated rings. The van der Waals surface area contributed by atoms with Crippen LogP contribution in [0.5, 0.6) is 5.75 Å². The van der Waals surface area contributed by atoms with Crippen LogP contribution in [-0.2, 0) is 4.79 Å². The van der Waals surface area contributed by atoms with Gasteiger partial charge < -0.3 is 14.5 Å². The number of carbonyl (C=O) groups is 2. The summed E-state index contributed by atoms with van der Waals surface area (Å²) in [4.78, 5) is 28.5. The number of rotatable bonds is 6. The van der Waals surface area contributed by atoms with Crippen molar-refractivity contribution >= 4 is 23.3 Å². The number of benzene rings is 2. The molecule has 5 nitrogen and oxygen atoms in total. The van der Waals surface area contributed by atoms with Crippen molar-refractivity contribution in [2.45, 2.75) is 20.0 Å². The Morgan fingerprint density at radius 1 is 1.04 bits per heavy atom. The van der Waals surface area contributed by atoms with E-state index in [4.69, 9.17) is 16.3 Å². The Morgan fingerprint density at radius 3 is 2.11 bits per heavy atom. The average Bonchev–Trinajstić information content (AvgIpc) is 2.74. The van der Waals surface area contributed by atoms with Crippen molar-refractivity contribution in [3.05, 3.63) is 64.7 Å². The van der Waals surface area contributed by atoms with E-state index in [9.17, 15) is 9.59 Å². The van der Waals surface area contributed by atoms with Gasteiger partial charge in [-0.2, -0.15) is 0 Å². The maximum Gasteiger partial charge on any atom is 0.263 e. The number of halogens is 1. The summed E-state index contributed by atoms with van der Waals surface area (Å²) >= 11 is 5.87. The van der Waals surface area contributed by atoms with Gasteiger partial charge in [0.05, 0.1) is 32.7 Å². The molecule has 1 N–H and O–H groups in total. The summed E-state index contributed by atoms with van der Waals surface area (Å²) < 4.78 is 5.81. The van der Waals surface area contributed by atoms with Crippen LogP contribution in [0.25, 0.3) is 0 Å². The first-order valence-electron chi connectivity index (χ1n) is 9.67. The standard InChI is InChI=1S/C22H25ClN2O3/c1-3-24-12-14-25(15-13-24)22(27)16(2)28-20-10-6-18(7-11-20)21(26)17-4-8-19(23)9-5-17/h4-11,16H,3,12-15H2,1-2H3/p+1/t16-/m0/s1. The lowest BCUT2D eigenvalue weighted by atomic mass is 10.0. The van der Waals surface area contributed by atoms with Gasteiger partial charge in [0, 0.05) is 16.1 Å². The lowest BCUT2D eigenvalue weighted by molar-refractivity contribution is -0.902. The third-order valence-corrected chi connectivity index (χ3v) is 5.42. The van der Waals surface area contributed by atoms with E-state index in [1.807, 2.05) is 4.90 Å². The van der Waals surface area contributed by atoms with Crippen LogP contribution in [0.4, 0.5) is 0 Å². The summed E-state index contributed by atoms with van der Waals surface area (Å²) in [5.74, 6) is 0.506. The van der Waals surface area contributed by atoms with Gasteiger partial charge in [0.1, 0.15) is 5.75 Å². The van der Waals surface area contributed by atoms with Crippen LogP contribution in [0.15, 0.2) is 48.5 Å². The van der Waals surface area contributed by atoms with Gasteiger partial charge in [-0.05, 0) is 62.4 Å². The number of ketones is 1. The molecule has 148 valence electrons. The average molecular weight is 402 g/mol. The maximum atomic E-state index is 12.6. The first-order valence-corrected chi connectivity index (χ1v) is 10.0. The van der Waals surface area contributed by atoms with E-state index in [-0.39, 0.29) is 11.7 Å². The number of hydrogen-bond donors (Lipinski definition) is 1. The van der Waals surface area contributed by atoms with Gasteiger partial charge in [0.2, 0.25) is 0 Å². The van der Waals surface area contributed by atoms with Gasteiger partial charge >= 0.3 is 0 Å². The number of carbonyl (C=O) groups excluding carboxylic acids is 2. The molecule has 0 aliphatic carbocycles. The lowest BCUT2D eigenvalue weighted by Gasteiger charge is -2.33. The molecule has 2 aromatic carbocycles. The predicted molar refractivity (Wildman–Crippen MR) is 109 cm³/mol. The molecule has 6 heteroatoms. The minimum Gasteiger partial charge on any atom is -0.481 e. The summed E-state index contributed by atoms with van der Waals surface area (Å²) in [5.41, 5.74) is 1.14. The number of piperazine rings is 1. The zero-order chi connectivity index (χ0) is 20.1. The fourth-order valence-corrected chi connectivity index (χ4v) is 3.49. The fourth-order valence-electron chi connectivity index (χ4n) is 3.36. The second-order valence-corrected chi connectivity index (χ2v) is 7.49. The predicted octanol–water partition coefficient (Wildman–Crippen LogP) is 2.09. The van der Waals surface area contributed by atoms with E-state index in [0.29, 0.717) is 21.9 Å². The molecular formula is C22H26ClN2O3+. The Hall–Kier alpha value is -2.37. The molecule has 0 aromatic heterocycles. The molecule has 28 heavy (non-hydrogen) atoms. The highest BCUT2D eigenvalue weighted by Gasteiger charge is 2.27. The SMILES string of the molecule is CC[NH+]1CCN(C(=O)[C@H](C)Oc2ccc(C(=O)c3ccc(Cl)cc3)cc2)CC1. The first-order chi connectivity index (χ1) is 13.5. The van der Waals surface area contributed by atoms with E-state index >= 15 is 0 Å². The molecule has 1 saturated heterocycles. The van der Waals surface area contributed by atoms with Crippen molar-refractivity contribution in [3.8, 4) is 5.75 Å². The largest absolute Gasteiger partial charge is 0.481 e. The van der Waals surface area contributed by atoms with Crippen LogP contribution in [0.1, 0.15) is 29.8 Å². The molecule has 0 spiro atoms. The number of likely N-dealkylation sites (N-methyl/N-ethyl adjacent to an activating group) is 1. The summed E-state index contributed by atoms with van der Waals surface area (Å²) in [6, 6.07) is 13.7. The van der Waals surface area contributed by atoms with Gasteiger partial charge in [-0.1, -0.05) is 11.6 Å². The molecule has 0 bridgehead atoms. The number of hydrogen-bond acceptors (Lipinski definition) is 3. The van der Waals surface area contributed by atoms with Crippen molar-refractivity contribution in [1.82, 2.24) is 4.90 Å². The zero-order valence-electron chi connectivity index (χ0n) is 16.3. The third kappa shape index (κ3) is 4.91. The van der Waals surface area contributed by atoms with Crippen LogP contribution >= 0.6 is 11.6 Å². The normalized spacial score (nSPS) is 15.9. The van der Waals surface area contributed by atoms with E-state index in [0.717, 1.165) is 32.7 Å². The smallest absolute Gasteiger partial charge is 0.263 e. The number of nitrogens with zero attached hydrogens (tertiary/aromatic N) is 1.